The van der Waals surface area contributed by atoms with Crippen LogP contribution in [0.5, 0.6) is 5.75 Å². The first-order valence-corrected chi connectivity index (χ1v) is 6.66. The topological polar surface area (TPSA) is 29.5 Å². The average molecular weight is 247 g/mol. The van der Waals surface area contributed by atoms with Gasteiger partial charge in [0.25, 0.3) is 0 Å². The Kier molecular flexibility index (Phi) is 4.24. The fourth-order valence-electron chi connectivity index (χ4n) is 2.44. The van der Waals surface area contributed by atoms with Gasteiger partial charge in [-0.05, 0) is 43.7 Å². The molecule has 1 fully saturated rings. The molecule has 1 saturated carbocycles. The number of hydrogen-bond donors (Lipinski definition) is 0. The van der Waals surface area contributed by atoms with Crippen LogP contribution in [0.2, 0.25) is 0 Å². The molecule has 0 atom stereocenters. The van der Waals surface area contributed by atoms with E-state index < -0.39 is 0 Å². The highest BCUT2D eigenvalue weighted by atomic mass is 16.6. The van der Waals surface area contributed by atoms with E-state index in [-0.39, 0.29) is 6.09 Å². The minimum Gasteiger partial charge on any atom is -0.410 e. The first-order valence-electron chi connectivity index (χ1n) is 6.66. The molecule has 98 valence electrons. The summed E-state index contributed by atoms with van der Waals surface area (Å²) in [5.41, 5.74) is 0. The summed E-state index contributed by atoms with van der Waals surface area (Å²) in [6.07, 6.45) is 4.32. The Morgan fingerprint density at radius 2 is 1.78 bits per heavy atom. The third-order valence-corrected chi connectivity index (χ3v) is 3.77. The van der Waals surface area contributed by atoms with Crippen LogP contribution in [0.25, 0.3) is 0 Å². The number of nitrogens with zero attached hydrogens (tertiary/aromatic N) is 1. The van der Waals surface area contributed by atoms with Crippen LogP contribution >= 0.6 is 0 Å². The zero-order valence-electron chi connectivity index (χ0n) is 11.1. The van der Waals surface area contributed by atoms with Gasteiger partial charge in [-0.25, -0.2) is 4.79 Å². The molecule has 2 rings (SSSR count). The molecule has 3 nitrogen and oxygen atoms in total. The summed E-state index contributed by atoms with van der Waals surface area (Å²) < 4.78 is 5.34. The molecule has 1 amide bonds. The van der Waals surface area contributed by atoms with Crippen LogP contribution in [0.4, 0.5) is 4.79 Å². The fourth-order valence-corrected chi connectivity index (χ4v) is 2.44. The quantitative estimate of drug-likeness (QED) is 0.797. The zero-order chi connectivity index (χ0) is 13.0. The van der Waals surface area contributed by atoms with E-state index in [2.05, 4.69) is 6.92 Å². The predicted molar refractivity (Wildman–Crippen MR) is 71.6 cm³/mol. The molecule has 3 heteroatoms. The molecule has 0 aromatic heterocycles. The fraction of sp³-hybridized carbons (Fsp3) is 0.533. The number of para-hydroxylation sites is 1. The van der Waals surface area contributed by atoms with E-state index in [1.807, 2.05) is 25.2 Å². The van der Waals surface area contributed by atoms with Crippen molar-refractivity contribution in [2.75, 3.05) is 7.05 Å². The predicted octanol–water partition coefficient (Wildman–Crippen LogP) is 3.70. The van der Waals surface area contributed by atoms with Crippen molar-refractivity contribution in [3.63, 3.8) is 0 Å². The normalized spacial score (nSPS) is 23.4. The van der Waals surface area contributed by atoms with Gasteiger partial charge in [0, 0.05) is 13.1 Å². The number of ether oxygens (including phenoxy) is 1. The maximum atomic E-state index is 12.0. The van der Waals surface area contributed by atoms with Gasteiger partial charge >= 0.3 is 6.09 Å². The minimum absolute atomic E-state index is 0.249. The van der Waals surface area contributed by atoms with Crippen LogP contribution in [0.15, 0.2) is 30.3 Å². The van der Waals surface area contributed by atoms with Gasteiger partial charge in [0.1, 0.15) is 5.75 Å². The Balaban J connectivity index is 1.89. The van der Waals surface area contributed by atoms with E-state index in [9.17, 15) is 4.79 Å². The molecule has 0 radical (unpaired) electrons. The lowest BCUT2D eigenvalue weighted by atomic mass is 9.87. The van der Waals surface area contributed by atoms with Crippen LogP contribution in [-0.2, 0) is 0 Å². The van der Waals surface area contributed by atoms with Crippen LogP contribution < -0.4 is 4.74 Å². The second-order valence-corrected chi connectivity index (χ2v) is 5.21. The summed E-state index contributed by atoms with van der Waals surface area (Å²) in [6.45, 7) is 2.28. The summed E-state index contributed by atoms with van der Waals surface area (Å²) in [7, 11) is 1.84. The highest BCUT2D eigenvalue weighted by Crippen LogP contribution is 2.26. The molecule has 18 heavy (non-hydrogen) atoms. The van der Waals surface area contributed by atoms with Crippen LogP contribution in [0.1, 0.15) is 32.6 Å². The Bertz CT molecular complexity index is 383. The summed E-state index contributed by atoms with van der Waals surface area (Å²) in [5.74, 6) is 1.40. The Morgan fingerprint density at radius 1 is 1.17 bits per heavy atom. The van der Waals surface area contributed by atoms with Gasteiger partial charge in [-0.2, -0.15) is 0 Å². The first kappa shape index (κ1) is 12.9. The van der Waals surface area contributed by atoms with E-state index in [0.717, 1.165) is 18.8 Å². The van der Waals surface area contributed by atoms with Crippen molar-refractivity contribution in [1.29, 1.82) is 0 Å². The van der Waals surface area contributed by atoms with Crippen LogP contribution in [0, 0.1) is 5.92 Å². The number of benzene rings is 1. The van der Waals surface area contributed by atoms with E-state index in [0.29, 0.717) is 11.8 Å². The van der Waals surface area contributed by atoms with E-state index in [4.69, 9.17) is 4.74 Å². The number of amides is 1. The van der Waals surface area contributed by atoms with Crippen molar-refractivity contribution in [2.24, 2.45) is 5.92 Å². The van der Waals surface area contributed by atoms with Crippen molar-refractivity contribution in [2.45, 2.75) is 38.6 Å². The molecular formula is C15H21NO2. The van der Waals surface area contributed by atoms with Crippen molar-refractivity contribution < 1.29 is 9.53 Å². The smallest absolute Gasteiger partial charge is 0.410 e. The minimum atomic E-state index is -0.249. The lowest BCUT2D eigenvalue weighted by Gasteiger charge is -2.32. The number of carbonyl (C=O) groups is 1. The van der Waals surface area contributed by atoms with Crippen molar-refractivity contribution in [1.82, 2.24) is 4.90 Å². The summed E-state index contributed by atoms with van der Waals surface area (Å²) in [6, 6.07) is 9.57. The monoisotopic (exact) mass is 247 g/mol. The summed E-state index contributed by atoms with van der Waals surface area (Å²) in [5, 5.41) is 0. The molecule has 0 aliphatic heterocycles. The van der Waals surface area contributed by atoms with Gasteiger partial charge in [0.05, 0.1) is 0 Å². The number of hydrogen-bond acceptors (Lipinski definition) is 2. The van der Waals surface area contributed by atoms with Crippen LogP contribution in [-0.4, -0.2) is 24.1 Å². The lowest BCUT2D eigenvalue weighted by Crippen LogP contribution is -2.40. The van der Waals surface area contributed by atoms with Gasteiger partial charge < -0.3 is 9.64 Å². The number of rotatable bonds is 2. The summed E-state index contributed by atoms with van der Waals surface area (Å²) in [4.78, 5) is 13.7. The maximum Gasteiger partial charge on any atom is 0.415 e. The lowest BCUT2D eigenvalue weighted by molar-refractivity contribution is 0.126. The number of carbonyl (C=O) groups excluding carboxylic acids is 1. The second kappa shape index (κ2) is 5.89. The summed E-state index contributed by atoms with van der Waals surface area (Å²) >= 11 is 0. The second-order valence-electron chi connectivity index (χ2n) is 5.21. The third-order valence-electron chi connectivity index (χ3n) is 3.77. The maximum absolute atomic E-state index is 12.0. The van der Waals surface area contributed by atoms with E-state index in [1.54, 1.807) is 17.0 Å². The Labute approximate surface area is 109 Å². The molecular weight excluding hydrogens is 226 g/mol. The molecule has 0 unspecified atom stereocenters. The van der Waals surface area contributed by atoms with Gasteiger partial charge in [-0.1, -0.05) is 25.1 Å². The Morgan fingerprint density at radius 3 is 2.39 bits per heavy atom. The average Bonchev–Trinajstić information content (AvgIpc) is 2.40. The molecule has 0 saturated heterocycles. The standard InChI is InChI=1S/C15H21NO2/c1-12-8-10-13(11-9-12)16(2)15(17)18-14-6-4-3-5-7-14/h3-7,12-13H,8-11H2,1-2H3. The van der Waals surface area contributed by atoms with Gasteiger partial charge in [0.15, 0.2) is 0 Å². The highest BCUT2D eigenvalue weighted by Gasteiger charge is 2.25. The molecule has 0 spiro atoms. The molecule has 0 N–H and O–H groups in total. The molecule has 0 heterocycles. The zero-order valence-corrected chi connectivity index (χ0v) is 11.1. The molecule has 1 aliphatic carbocycles. The van der Waals surface area contributed by atoms with Crippen molar-refractivity contribution in [3.8, 4) is 5.75 Å². The van der Waals surface area contributed by atoms with Gasteiger partial charge in [-0.3, -0.25) is 0 Å². The van der Waals surface area contributed by atoms with Gasteiger partial charge in [-0.15, -0.1) is 0 Å². The molecule has 1 aromatic carbocycles. The largest absolute Gasteiger partial charge is 0.415 e. The molecule has 1 aliphatic rings. The van der Waals surface area contributed by atoms with Crippen LogP contribution in [0.3, 0.4) is 0 Å². The highest BCUT2D eigenvalue weighted by molar-refractivity contribution is 5.70. The van der Waals surface area contributed by atoms with Crippen molar-refractivity contribution in [3.05, 3.63) is 30.3 Å². The molecule has 0 bridgehead atoms. The van der Waals surface area contributed by atoms with Gasteiger partial charge in [0.2, 0.25) is 0 Å². The van der Waals surface area contributed by atoms with E-state index >= 15 is 0 Å². The van der Waals surface area contributed by atoms with Crippen molar-refractivity contribution >= 4 is 6.09 Å². The SMILES string of the molecule is CC1CCC(N(C)C(=O)Oc2ccccc2)CC1. The molecule has 1 aromatic rings. The Hall–Kier alpha value is -1.51. The first-order chi connectivity index (χ1) is 8.66. The van der Waals surface area contributed by atoms with E-state index in [1.165, 1.54) is 12.8 Å². The third kappa shape index (κ3) is 3.25.